The Morgan fingerprint density at radius 2 is 2.26 bits per heavy atom. The minimum absolute atomic E-state index is 0.111. The van der Waals surface area contributed by atoms with Crippen molar-refractivity contribution in [2.45, 2.75) is 24.7 Å². The number of nitrogens with zero attached hydrogens (tertiary/aromatic N) is 3. The second kappa shape index (κ2) is 4.37. The van der Waals surface area contributed by atoms with Crippen molar-refractivity contribution in [3.63, 3.8) is 0 Å². The van der Waals surface area contributed by atoms with Crippen LogP contribution in [0, 0.1) is 0 Å². The van der Waals surface area contributed by atoms with Crippen LogP contribution in [0.3, 0.4) is 0 Å². The molecule has 0 saturated heterocycles. The Kier molecular flexibility index (Phi) is 3.13. The molecule has 1 N–H and O–H groups in total. The molecule has 0 bridgehead atoms. The Morgan fingerprint density at radius 1 is 1.58 bits per heavy atom. The van der Waals surface area contributed by atoms with Gasteiger partial charge >= 0.3 is 6.18 Å². The predicted octanol–water partition coefficient (Wildman–Crippen LogP) is 1.04. The van der Waals surface area contributed by atoms with Crippen LogP contribution in [0.4, 0.5) is 13.2 Å². The van der Waals surface area contributed by atoms with Crippen molar-refractivity contribution in [2.24, 2.45) is 12.1 Å². The maximum Gasteiger partial charge on any atom is 0.438 e. The minimum Gasteiger partial charge on any atom is -0.362 e. The molecule has 0 fully saturated rings. The van der Waals surface area contributed by atoms with Crippen molar-refractivity contribution in [1.29, 1.82) is 0 Å². The van der Waals surface area contributed by atoms with Crippen LogP contribution in [-0.4, -0.2) is 38.7 Å². The fraction of sp³-hybridized carbons (Fsp3) is 0.455. The molecule has 19 heavy (non-hydrogen) atoms. The van der Waals surface area contributed by atoms with E-state index in [1.165, 1.54) is 0 Å². The van der Waals surface area contributed by atoms with Gasteiger partial charge in [-0.3, -0.25) is 4.79 Å². The van der Waals surface area contributed by atoms with Gasteiger partial charge in [0, 0.05) is 31.6 Å². The van der Waals surface area contributed by atoms with Gasteiger partial charge in [-0.25, -0.2) is 0 Å². The van der Waals surface area contributed by atoms with E-state index in [0.717, 1.165) is 6.21 Å². The summed E-state index contributed by atoms with van der Waals surface area (Å²) in [6.07, 6.45) is -3.41. The van der Waals surface area contributed by atoms with Gasteiger partial charge in [0.05, 0.1) is 6.42 Å². The van der Waals surface area contributed by atoms with Gasteiger partial charge in [0.25, 0.3) is 11.6 Å². The summed E-state index contributed by atoms with van der Waals surface area (Å²) in [6.45, 7) is 0. The van der Waals surface area contributed by atoms with E-state index in [9.17, 15) is 23.1 Å². The number of hydrogen-bond acceptors (Lipinski definition) is 3. The molecule has 5 nitrogen and oxygen atoms in total. The van der Waals surface area contributed by atoms with Gasteiger partial charge < -0.3 is 9.67 Å². The largest absolute Gasteiger partial charge is 0.438 e. The molecule has 1 aromatic rings. The molecule has 1 aliphatic heterocycles. The highest BCUT2D eigenvalue weighted by molar-refractivity contribution is 5.82. The SMILES string of the molecule is Cn1cccc1CC(=O)N1N=CCC1(O)C(F)(F)F. The van der Waals surface area contributed by atoms with Gasteiger partial charge in [-0.15, -0.1) is 0 Å². The van der Waals surface area contributed by atoms with Crippen LogP contribution in [0.25, 0.3) is 0 Å². The first-order chi connectivity index (χ1) is 8.75. The highest BCUT2D eigenvalue weighted by Crippen LogP contribution is 2.38. The van der Waals surface area contributed by atoms with E-state index in [0.29, 0.717) is 5.69 Å². The first-order valence-electron chi connectivity index (χ1n) is 5.50. The molecule has 0 radical (unpaired) electrons. The first kappa shape index (κ1) is 13.6. The van der Waals surface area contributed by atoms with Crippen molar-refractivity contribution >= 4 is 12.1 Å². The number of hydrazone groups is 1. The third kappa shape index (κ3) is 2.23. The number of aromatic nitrogens is 1. The molecule has 2 rings (SSSR count). The molecule has 1 amide bonds. The van der Waals surface area contributed by atoms with E-state index < -0.39 is 24.2 Å². The number of aryl methyl sites for hydroxylation is 1. The summed E-state index contributed by atoms with van der Waals surface area (Å²) in [5.74, 6) is -0.907. The number of rotatable bonds is 2. The molecule has 0 saturated carbocycles. The minimum atomic E-state index is -4.95. The normalized spacial score (nSPS) is 23.1. The maximum atomic E-state index is 12.8. The monoisotopic (exact) mass is 275 g/mol. The van der Waals surface area contributed by atoms with Crippen LogP contribution in [-0.2, 0) is 18.3 Å². The lowest BCUT2D eigenvalue weighted by molar-refractivity contribution is -0.302. The van der Waals surface area contributed by atoms with Gasteiger partial charge in [0.15, 0.2) is 0 Å². The van der Waals surface area contributed by atoms with E-state index in [4.69, 9.17) is 0 Å². The number of hydrogen-bond donors (Lipinski definition) is 1. The van der Waals surface area contributed by atoms with Crippen molar-refractivity contribution in [2.75, 3.05) is 0 Å². The zero-order valence-corrected chi connectivity index (χ0v) is 10.1. The molecule has 1 unspecified atom stereocenters. The van der Waals surface area contributed by atoms with Gasteiger partial charge in [0.2, 0.25) is 0 Å². The van der Waals surface area contributed by atoms with E-state index >= 15 is 0 Å². The Bertz CT molecular complexity index is 524. The lowest BCUT2D eigenvalue weighted by atomic mass is 10.1. The van der Waals surface area contributed by atoms with Crippen LogP contribution < -0.4 is 0 Å². The third-order valence-corrected chi connectivity index (χ3v) is 3.00. The molecule has 1 aliphatic rings. The molecule has 104 valence electrons. The molecule has 1 atom stereocenters. The second-order valence-corrected chi connectivity index (χ2v) is 4.31. The number of carbonyl (C=O) groups excluding carboxylic acids is 1. The molecular weight excluding hydrogens is 263 g/mol. The van der Waals surface area contributed by atoms with Crippen molar-refractivity contribution < 1.29 is 23.1 Å². The summed E-state index contributed by atoms with van der Waals surface area (Å²) in [6, 6.07) is 3.29. The van der Waals surface area contributed by atoms with E-state index in [2.05, 4.69) is 5.10 Å². The highest BCUT2D eigenvalue weighted by atomic mass is 19.4. The first-order valence-corrected chi connectivity index (χ1v) is 5.50. The lowest BCUT2D eigenvalue weighted by Gasteiger charge is -2.32. The number of alkyl halides is 3. The van der Waals surface area contributed by atoms with Crippen LogP contribution >= 0.6 is 0 Å². The smallest absolute Gasteiger partial charge is 0.362 e. The lowest BCUT2D eigenvalue weighted by Crippen LogP contribution is -2.56. The van der Waals surface area contributed by atoms with Gasteiger partial charge in [0.1, 0.15) is 0 Å². The van der Waals surface area contributed by atoms with Crippen molar-refractivity contribution in [3.05, 3.63) is 24.0 Å². The van der Waals surface area contributed by atoms with Gasteiger partial charge in [-0.05, 0) is 12.1 Å². The number of carbonyl (C=O) groups is 1. The summed E-state index contributed by atoms with van der Waals surface area (Å²) >= 11 is 0. The van der Waals surface area contributed by atoms with Crippen molar-refractivity contribution in [3.8, 4) is 0 Å². The Morgan fingerprint density at radius 3 is 2.79 bits per heavy atom. The summed E-state index contributed by atoms with van der Waals surface area (Å²) < 4.78 is 40.0. The highest BCUT2D eigenvalue weighted by Gasteiger charge is 2.61. The Balaban J connectivity index is 2.19. The van der Waals surface area contributed by atoms with E-state index in [1.807, 2.05) is 0 Å². The Hall–Kier alpha value is -1.83. The number of aliphatic hydroxyl groups is 1. The summed E-state index contributed by atoms with van der Waals surface area (Å²) in [4.78, 5) is 11.9. The van der Waals surface area contributed by atoms with Crippen LogP contribution in [0.5, 0.6) is 0 Å². The fourth-order valence-corrected chi connectivity index (χ4v) is 1.85. The molecule has 0 spiro atoms. The second-order valence-electron chi connectivity index (χ2n) is 4.31. The molecule has 2 heterocycles. The van der Waals surface area contributed by atoms with Crippen LogP contribution in [0.1, 0.15) is 12.1 Å². The Labute approximate surface area is 106 Å². The zero-order valence-electron chi connectivity index (χ0n) is 10.1. The average molecular weight is 275 g/mol. The van der Waals surface area contributed by atoms with Gasteiger partial charge in [-0.2, -0.15) is 23.3 Å². The van der Waals surface area contributed by atoms with Crippen LogP contribution in [0.15, 0.2) is 23.4 Å². The van der Waals surface area contributed by atoms with E-state index in [-0.39, 0.29) is 11.4 Å². The number of halogens is 3. The average Bonchev–Trinajstić information content (AvgIpc) is 2.86. The van der Waals surface area contributed by atoms with E-state index in [1.54, 1.807) is 29.9 Å². The number of amides is 1. The summed E-state index contributed by atoms with van der Waals surface area (Å²) in [5, 5.41) is 13.1. The maximum absolute atomic E-state index is 12.8. The van der Waals surface area contributed by atoms with Gasteiger partial charge in [-0.1, -0.05) is 0 Å². The summed E-state index contributed by atoms with van der Waals surface area (Å²) in [5.41, 5.74) is -2.70. The molecule has 8 heteroatoms. The quantitative estimate of drug-likeness (QED) is 0.876. The topological polar surface area (TPSA) is 57.8 Å². The molecular formula is C11H12F3N3O2. The third-order valence-electron chi connectivity index (χ3n) is 3.00. The summed E-state index contributed by atoms with van der Waals surface area (Å²) in [7, 11) is 1.67. The standard InChI is InChI=1S/C11H12F3N3O2/c1-16-6-2-3-8(16)7-9(18)17-10(19,4-5-15-17)11(12,13)14/h2-3,5-6,19H,4,7H2,1H3. The van der Waals surface area contributed by atoms with Crippen molar-refractivity contribution in [1.82, 2.24) is 9.58 Å². The van der Waals surface area contributed by atoms with Crippen LogP contribution in [0.2, 0.25) is 0 Å². The molecule has 0 aromatic carbocycles. The zero-order chi connectivity index (χ0) is 14.3. The molecule has 1 aromatic heterocycles. The predicted molar refractivity (Wildman–Crippen MR) is 60.1 cm³/mol. The molecule has 0 aliphatic carbocycles. The fourth-order valence-electron chi connectivity index (χ4n) is 1.85.